The topological polar surface area (TPSA) is 6.48 Å². The van der Waals surface area contributed by atoms with Crippen molar-refractivity contribution in [1.82, 2.24) is 10.0 Å². The Bertz CT molecular complexity index is 393. The molecule has 1 aliphatic rings. The second-order valence-electron chi connectivity index (χ2n) is 6.41. The van der Waals surface area contributed by atoms with Crippen molar-refractivity contribution in [3.05, 3.63) is 22.5 Å². The van der Waals surface area contributed by atoms with Gasteiger partial charge in [-0.2, -0.15) is 0 Å². The third-order valence-corrected chi connectivity index (χ3v) is 4.77. The molecule has 0 bridgehead atoms. The van der Waals surface area contributed by atoms with Crippen molar-refractivity contribution in [2.75, 3.05) is 13.1 Å². The molecule has 0 aliphatic carbocycles. The van der Waals surface area contributed by atoms with Gasteiger partial charge in [-0.05, 0) is 50.2 Å². The summed E-state index contributed by atoms with van der Waals surface area (Å²) in [6.45, 7) is 16.2. The second kappa shape index (κ2) is 9.97. The van der Waals surface area contributed by atoms with Gasteiger partial charge >= 0.3 is 0 Å². The molecule has 1 rings (SSSR count). The average Bonchev–Trinajstić information content (AvgIpc) is 2.52. The van der Waals surface area contributed by atoms with Gasteiger partial charge in [-0.3, -0.25) is 10.0 Å². The van der Waals surface area contributed by atoms with Gasteiger partial charge in [-0.15, -0.1) is 0 Å². The van der Waals surface area contributed by atoms with Crippen molar-refractivity contribution in [2.45, 2.75) is 92.9 Å². The summed E-state index contributed by atoms with van der Waals surface area (Å²) in [5, 5.41) is 5.27. The average molecular weight is 307 g/mol. The van der Waals surface area contributed by atoms with Gasteiger partial charge in [0.1, 0.15) is 0 Å². The van der Waals surface area contributed by atoms with E-state index >= 15 is 0 Å². The minimum Gasteiger partial charge on any atom is -0.289 e. The molecule has 0 N–H and O–H groups in total. The Balaban J connectivity index is 3.24. The van der Waals surface area contributed by atoms with E-state index in [9.17, 15) is 0 Å². The monoisotopic (exact) mass is 306 g/mol. The van der Waals surface area contributed by atoms with E-state index in [4.69, 9.17) is 0 Å². The van der Waals surface area contributed by atoms with Crippen LogP contribution in [0.1, 0.15) is 92.9 Å². The van der Waals surface area contributed by atoms with Crippen LogP contribution in [0.5, 0.6) is 0 Å². The summed E-state index contributed by atoms with van der Waals surface area (Å²) in [6, 6.07) is 0. The van der Waals surface area contributed by atoms with E-state index < -0.39 is 0 Å². The van der Waals surface area contributed by atoms with Crippen LogP contribution >= 0.6 is 0 Å². The van der Waals surface area contributed by atoms with Gasteiger partial charge in [0.05, 0.1) is 0 Å². The highest BCUT2D eigenvalue weighted by molar-refractivity contribution is 5.39. The first-order valence-electron chi connectivity index (χ1n) is 9.63. The number of nitrogens with zero attached hydrogens (tertiary/aromatic N) is 2. The van der Waals surface area contributed by atoms with E-state index in [-0.39, 0.29) is 0 Å². The molecule has 0 saturated heterocycles. The zero-order valence-electron chi connectivity index (χ0n) is 16.0. The molecule has 1 heterocycles. The predicted octanol–water partition coefficient (Wildman–Crippen LogP) is 6.27. The predicted molar refractivity (Wildman–Crippen MR) is 98.4 cm³/mol. The maximum absolute atomic E-state index is 2.65. The van der Waals surface area contributed by atoms with E-state index in [0.29, 0.717) is 0 Å². The van der Waals surface area contributed by atoms with Gasteiger partial charge in [0, 0.05) is 24.5 Å². The molecule has 128 valence electrons. The van der Waals surface area contributed by atoms with Crippen LogP contribution in [0.15, 0.2) is 22.5 Å². The lowest BCUT2D eigenvalue weighted by molar-refractivity contribution is 0.0273. The molecular formula is C20H38N2. The van der Waals surface area contributed by atoms with Gasteiger partial charge in [-0.25, -0.2) is 0 Å². The van der Waals surface area contributed by atoms with Crippen molar-refractivity contribution < 1.29 is 0 Å². The molecule has 22 heavy (non-hydrogen) atoms. The normalized spacial score (nSPS) is 16.1. The Morgan fingerprint density at radius 1 is 0.682 bits per heavy atom. The first-order valence-corrected chi connectivity index (χ1v) is 9.63. The quantitative estimate of drug-likeness (QED) is 0.469. The molecule has 2 heteroatoms. The van der Waals surface area contributed by atoms with Crippen LogP contribution in [0, 0.1) is 0 Å². The zero-order valence-corrected chi connectivity index (χ0v) is 16.0. The molecule has 0 radical (unpaired) electrons. The smallest absolute Gasteiger partial charge is 0.0392 e. The summed E-state index contributed by atoms with van der Waals surface area (Å²) < 4.78 is 0. The van der Waals surface area contributed by atoms with Crippen molar-refractivity contribution in [3.8, 4) is 0 Å². The number of hydrazine groups is 1. The Morgan fingerprint density at radius 2 is 1.23 bits per heavy atom. The van der Waals surface area contributed by atoms with Crippen molar-refractivity contribution >= 4 is 0 Å². The summed E-state index contributed by atoms with van der Waals surface area (Å²) in [7, 11) is 0. The van der Waals surface area contributed by atoms with Gasteiger partial charge < -0.3 is 0 Å². The maximum Gasteiger partial charge on any atom is 0.0392 e. The molecule has 0 fully saturated rings. The standard InChI is InChI=1S/C20H38N2/c1-7-12-15-21-19(11-5)17(6)18(10-4)20(14-9-3)22(21)16-13-8-2/h7-16H2,1-6H3. The maximum atomic E-state index is 2.65. The zero-order chi connectivity index (χ0) is 16.5. The summed E-state index contributed by atoms with van der Waals surface area (Å²) >= 11 is 0. The summed E-state index contributed by atoms with van der Waals surface area (Å²) in [5.74, 6) is 0. The molecule has 0 saturated carbocycles. The molecule has 0 unspecified atom stereocenters. The van der Waals surface area contributed by atoms with Gasteiger partial charge in [0.2, 0.25) is 0 Å². The minimum atomic E-state index is 1.14. The van der Waals surface area contributed by atoms with E-state index in [0.717, 1.165) is 12.8 Å². The van der Waals surface area contributed by atoms with Crippen molar-refractivity contribution in [3.63, 3.8) is 0 Å². The van der Waals surface area contributed by atoms with Crippen LogP contribution in [-0.4, -0.2) is 23.1 Å². The fraction of sp³-hybridized carbons (Fsp3) is 0.800. The minimum absolute atomic E-state index is 1.14. The first-order chi connectivity index (χ1) is 10.7. The van der Waals surface area contributed by atoms with E-state index in [1.165, 1.54) is 51.6 Å². The fourth-order valence-electron chi connectivity index (χ4n) is 3.59. The molecular weight excluding hydrogens is 268 g/mol. The highest BCUT2D eigenvalue weighted by atomic mass is 15.6. The third kappa shape index (κ3) is 4.30. The van der Waals surface area contributed by atoms with Crippen LogP contribution in [0.3, 0.4) is 0 Å². The highest BCUT2D eigenvalue weighted by Gasteiger charge is 2.28. The first kappa shape index (κ1) is 19.1. The molecule has 0 atom stereocenters. The van der Waals surface area contributed by atoms with Crippen LogP contribution in [-0.2, 0) is 0 Å². The Hall–Kier alpha value is -0.920. The number of hydrogen-bond acceptors (Lipinski definition) is 2. The summed E-state index contributed by atoms with van der Waals surface area (Å²) in [5.41, 5.74) is 6.32. The van der Waals surface area contributed by atoms with E-state index in [2.05, 4.69) is 51.6 Å². The molecule has 0 spiro atoms. The lowest BCUT2D eigenvalue weighted by atomic mass is 9.94. The lowest BCUT2D eigenvalue weighted by Crippen LogP contribution is -2.45. The van der Waals surface area contributed by atoms with Crippen molar-refractivity contribution in [2.24, 2.45) is 0 Å². The number of hydrogen-bond donors (Lipinski definition) is 0. The molecule has 1 aliphatic heterocycles. The Labute approximate surface area is 139 Å². The number of unbranched alkanes of at least 4 members (excludes halogenated alkanes) is 2. The Kier molecular flexibility index (Phi) is 8.67. The molecule has 0 aromatic carbocycles. The van der Waals surface area contributed by atoms with E-state index in [1.807, 2.05) is 0 Å². The molecule has 0 aromatic heterocycles. The van der Waals surface area contributed by atoms with Crippen molar-refractivity contribution in [1.29, 1.82) is 0 Å². The van der Waals surface area contributed by atoms with Gasteiger partial charge in [-0.1, -0.05) is 53.9 Å². The molecule has 2 nitrogen and oxygen atoms in total. The fourth-order valence-corrected chi connectivity index (χ4v) is 3.59. The van der Waals surface area contributed by atoms with Crippen LogP contribution in [0.4, 0.5) is 0 Å². The second-order valence-corrected chi connectivity index (χ2v) is 6.41. The van der Waals surface area contributed by atoms with Crippen LogP contribution in [0.25, 0.3) is 0 Å². The third-order valence-electron chi connectivity index (χ3n) is 4.77. The largest absolute Gasteiger partial charge is 0.289 e. The lowest BCUT2D eigenvalue weighted by Gasteiger charge is -2.46. The van der Waals surface area contributed by atoms with E-state index in [1.54, 1.807) is 22.5 Å². The number of allylic oxidation sites excluding steroid dienone is 4. The SMILES string of the molecule is CCCCN1C(CC)=C(C)C(CC)=C(CCC)N1CCCC. The van der Waals surface area contributed by atoms with Gasteiger partial charge in [0.15, 0.2) is 0 Å². The van der Waals surface area contributed by atoms with Crippen LogP contribution < -0.4 is 0 Å². The molecule has 0 aromatic rings. The van der Waals surface area contributed by atoms with Crippen LogP contribution in [0.2, 0.25) is 0 Å². The Morgan fingerprint density at radius 3 is 1.64 bits per heavy atom. The number of rotatable bonds is 10. The summed E-state index contributed by atoms with van der Waals surface area (Å²) in [6.07, 6.45) is 9.84. The van der Waals surface area contributed by atoms with Gasteiger partial charge in [0.25, 0.3) is 0 Å². The molecule has 0 amide bonds. The highest BCUT2D eigenvalue weighted by Crippen LogP contribution is 2.36. The summed E-state index contributed by atoms with van der Waals surface area (Å²) in [4.78, 5) is 0.